The molecule has 29 heavy (non-hydrogen) atoms. The van der Waals surface area contributed by atoms with Gasteiger partial charge in [-0.25, -0.2) is 0 Å². The maximum absolute atomic E-state index is 12.5. The fourth-order valence-electron chi connectivity index (χ4n) is 3.29. The number of anilines is 2. The van der Waals surface area contributed by atoms with E-state index in [0.29, 0.717) is 16.7 Å². The van der Waals surface area contributed by atoms with Crippen molar-refractivity contribution in [1.29, 1.82) is 0 Å². The minimum absolute atomic E-state index is 0.115. The monoisotopic (exact) mass is 431 g/mol. The molecule has 1 N–H and O–H groups in total. The molecule has 0 aliphatic carbocycles. The molecule has 0 bridgehead atoms. The van der Waals surface area contributed by atoms with E-state index in [0.717, 1.165) is 48.9 Å². The van der Waals surface area contributed by atoms with Crippen molar-refractivity contribution in [1.82, 2.24) is 14.8 Å². The van der Waals surface area contributed by atoms with E-state index in [-0.39, 0.29) is 11.7 Å². The molecule has 0 saturated carbocycles. The highest BCUT2D eigenvalue weighted by atomic mass is 35.5. The summed E-state index contributed by atoms with van der Waals surface area (Å²) in [5.41, 5.74) is 1.57. The summed E-state index contributed by atoms with van der Waals surface area (Å²) in [6, 6.07) is 9.26. The van der Waals surface area contributed by atoms with Gasteiger partial charge in [-0.3, -0.25) is 9.36 Å². The molecule has 3 heterocycles. The predicted octanol–water partition coefficient (Wildman–Crippen LogP) is 4.21. The molecule has 9 heteroatoms. The van der Waals surface area contributed by atoms with Gasteiger partial charge in [0.2, 0.25) is 11.9 Å². The van der Waals surface area contributed by atoms with Gasteiger partial charge < -0.3 is 14.6 Å². The first kappa shape index (κ1) is 19.8. The number of amides is 1. The van der Waals surface area contributed by atoms with Crippen LogP contribution in [-0.2, 0) is 11.3 Å². The number of benzene rings is 1. The molecule has 4 rings (SSSR count). The van der Waals surface area contributed by atoms with E-state index >= 15 is 0 Å². The summed E-state index contributed by atoms with van der Waals surface area (Å²) in [5.74, 6) is 1.76. The van der Waals surface area contributed by atoms with E-state index in [9.17, 15) is 4.79 Å². The van der Waals surface area contributed by atoms with E-state index in [1.54, 1.807) is 12.3 Å². The molecule has 0 unspecified atom stereocenters. The molecule has 0 radical (unpaired) electrons. The highest BCUT2D eigenvalue weighted by Crippen LogP contribution is 2.27. The Morgan fingerprint density at radius 1 is 1.24 bits per heavy atom. The molecule has 0 spiro atoms. The molecule has 2 aromatic heterocycles. The average molecular weight is 432 g/mol. The lowest BCUT2D eigenvalue weighted by Crippen LogP contribution is -2.23. The van der Waals surface area contributed by atoms with E-state index in [4.69, 9.17) is 16.0 Å². The number of carbonyl (C=O) groups is 1. The molecule has 3 aromatic rings. The summed E-state index contributed by atoms with van der Waals surface area (Å²) in [6.07, 6.45) is 3.96. The van der Waals surface area contributed by atoms with Gasteiger partial charge in [0.05, 0.1) is 18.6 Å². The number of rotatable bonds is 7. The second kappa shape index (κ2) is 8.92. The fourth-order valence-corrected chi connectivity index (χ4v) is 4.20. The lowest BCUT2D eigenvalue weighted by atomic mass is 10.2. The number of aromatic nitrogens is 3. The number of nitrogens with one attached hydrogen (secondary N) is 1. The largest absolute Gasteiger partial charge is 0.467 e. The van der Waals surface area contributed by atoms with Crippen LogP contribution < -0.4 is 10.2 Å². The summed E-state index contributed by atoms with van der Waals surface area (Å²) < 4.78 is 7.53. The lowest BCUT2D eigenvalue weighted by molar-refractivity contribution is -0.113. The highest BCUT2D eigenvalue weighted by molar-refractivity contribution is 7.99. The molecule has 1 saturated heterocycles. The predicted molar refractivity (Wildman–Crippen MR) is 115 cm³/mol. The Morgan fingerprint density at radius 3 is 2.83 bits per heavy atom. The molecule has 152 valence electrons. The molecule has 7 nitrogen and oxygen atoms in total. The van der Waals surface area contributed by atoms with Crippen LogP contribution in [0.1, 0.15) is 24.2 Å². The summed E-state index contributed by atoms with van der Waals surface area (Å²) in [7, 11) is 0. The Balaban J connectivity index is 1.47. The van der Waals surface area contributed by atoms with Gasteiger partial charge >= 0.3 is 0 Å². The number of nitrogens with zero attached hydrogens (tertiary/aromatic N) is 4. The Labute approximate surface area is 178 Å². The summed E-state index contributed by atoms with van der Waals surface area (Å²) in [6.45, 7) is 4.35. The number of hydrogen-bond donors (Lipinski definition) is 1. The standard InChI is InChI=1S/C20H22ClN5O2S/c1-14-16(21)7-4-8-17(14)22-18(27)13-29-20-24-23-19(25-9-2-3-10-25)26(20)12-15-6-5-11-28-15/h4-8,11H,2-3,9-10,12-13H2,1H3,(H,22,27). The lowest BCUT2D eigenvalue weighted by Gasteiger charge is -2.17. The maximum atomic E-state index is 12.5. The minimum Gasteiger partial charge on any atom is -0.467 e. The van der Waals surface area contributed by atoms with Gasteiger partial charge in [0.1, 0.15) is 5.76 Å². The summed E-state index contributed by atoms with van der Waals surface area (Å²) in [4.78, 5) is 14.7. The molecule has 1 amide bonds. The Bertz CT molecular complexity index is 983. The smallest absolute Gasteiger partial charge is 0.234 e. The second-order valence-corrected chi connectivity index (χ2v) is 8.24. The van der Waals surface area contributed by atoms with E-state index in [1.165, 1.54) is 11.8 Å². The van der Waals surface area contributed by atoms with Gasteiger partial charge in [-0.15, -0.1) is 10.2 Å². The number of furan rings is 1. The summed E-state index contributed by atoms with van der Waals surface area (Å²) >= 11 is 7.49. The third-order valence-electron chi connectivity index (χ3n) is 4.85. The highest BCUT2D eigenvalue weighted by Gasteiger charge is 2.22. The van der Waals surface area contributed by atoms with Crippen LogP contribution in [0.25, 0.3) is 0 Å². The van der Waals surface area contributed by atoms with Crippen molar-refractivity contribution in [2.75, 3.05) is 29.1 Å². The van der Waals surface area contributed by atoms with Crippen molar-refractivity contribution in [2.45, 2.75) is 31.5 Å². The van der Waals surface area contributed by atoms with Gasteiger partial charge in [-0.1, -0.05) is 29.4 Å². The molecule has 1 fully saturated rings. The fraction of sp³-hybridized carbons (Fsp3) is 0.350. The number of halogens is 1. The van der Waals surface area contributed by atoms with E-state index < -0.39 is 0 Å². The van der Waals surface area contributed by atoms with Gasteiger partial charge in [0.25, 0.3) is 0 Å². The zero-order valence-electron chi connectivity index (χ0n) is 16.1. The van der Waals surface area contributed by atoms with Gasteiger partial charge in [-0.05, 0) is 49.6 Å². The molecule has 1 aliphatic heterocycles. The Kier molecular flexibility index (Phi) is 6.10. The van der Waals surface area contributed by atoms with Crippen molar-refractivity contribution in [2.24, 2.45) is 0 Å². The van der Waals surface area contributed by atoms with Crippen molar-refractivity contribution in [3.8, 4) is 0 Å². The van der Waals surface area contributed by atoms with Crippen LogP contribution in [0.2, 0.25) is 5.02 Å². The average Bonchev–Trinajstić information content (AvgIpc) is 3.46. The maximum Gasteiger partial charge on any atom is 0.234 e. The third-order valence-corrected chi connectivity index (χ3v) is 6.23. The number of carbonyl (C=O) groups excluding carboxylic acids is 1. The number of thioether (sulfide) groups is 1. The first-order valence-corrected chi connectivity index (χ1v) is 10.9. The van der Waals surface area contributed by atoms with Crippen molar-refractivity contribution in [3.63, 3.8) is 0 Å². The van der Waals surface area contributed by atoms with E-state index in [1.807, 2.05) is 35.8 Å². The molecule has 1 aliphatic rings. The van der Waals surface area contributed by atoms with Crippen LogP contribution in [0, 0.1) is 6.92 Å². The Hall–Kier alpha value is -2.45. The van der Waals surface area contributed by atoms with Crippen molar-refractivity contribution < 1.29 is 9.21 Å². The zero-order chi connectivity index (χ0) is 20.2. The Morgan fingerprint density at radius 2 is 2.07 bits per heavy atom. The molecular formula is C20H22ClN5O2S. The van der Waals surface area contributed by atoms with Crippen molar-refractivity contribution in [3.05, 3.63) is 52.9 Å². The second-order valence-electron chi connectivity index (χ2n) is 6.89. The number of hydrogen-bond acceptors (Lipinski definition) is 6. The van der Waals surface area contributed by atoms with Crippen molar-refractivity contribution >= 4 is 40.9 Å². The first-order chi connectivity index (χ1) is 14.1. The van der Waals surface area contributed by atoms with E-state index in [2.05, 4.69) is 20.4 Å². The molecule has 0 atom stereocenters. The zero-order valence-corrected chi connectivity index (χ0v) is 17.7. The topological polar surface area (TPSA) is 76.2 Å². The molecular weight excluding hydrogens is 410 g/mol. The third kappa shape index (κ3) is 4.59. The van der Waals surface area contributed by atoms with Crippen LogP contribution in [-0.4, -0.2) is 39.5 Å². The van der Waals surface area contributed by atoms with Crippen LogP contribution in [0.3, 0.4) is 0 Å². The first-order valence-electron chi connectivity index (χ1n) is 9.50. The quantitative estimate of drug-likeness (QED) is 0.564. The summed E-state index contributed by atoms with van der Waals surface area (Å²) in [5, 5.41) is 13.0. The van der Waals surface area contributed by atoms with Gasteiger partial charge in [0.15, 0.2) is 5.16 Å². The molecule has 1 aromatic carbocycles. The minimum atomic E-state index is -0.115. The van der Waals surface area contributed by atoms with Crippen LogP contribution in [0.4, 0.5) is 11.6 Å². The van der Waals surface area contributed by atoms with Gasteiger partial charge in [-0.2, -0.15) is 0 Å². The normalized spacial score (nSPS) is 13.8. The van der Waals surface area contributed by atoms with Crippen LogP contribution >= 0.6 is 23.4 Å². The van der Waals surface area contributed by atoms with Gasteiger partial charge in [0, 0.05) is 23.8 Å². The van der Waals surface area contributed by atoms with Crippen LogP contribution in [0.15, 0.2) is 46.2 Å². The van der Waals surface area contributed by atoms with Crippen LogP contribution in [0.5, 0.6) is 0 Å². The SMILES string of the molecule is Cc1c(Cl)cccc1NC(=O)CSc1nnc(N2CCCC2)n1Cc1ccco1.